The number of rotatable bonds is 7. The molecule has 1 aromatic heterocycles. The summed E-state index contributed by atoms with van der Waals surface area (Å²) in [6.07, 6.45) is 3.26. The summed E-state index contributed by atoms with van der Waals surface area (Å²) in [6.45, 7) is 9.88. The lowest BCUT2D eigenvalue weighted by Gasteiger charge is -2.18. The number of hydrogen-bond acceptors (Lipinski definition) is 2. The molecule has 0 aliphatic heterocycles. The molecule has 0 spiro atoms. The fraction of sp³-hybridized carbons (Fsp3) is 0.786. The topological polar surface area (TPSA) is 29.9 Å². The van der Waals surface area contributed by atoms with Crippen molar-refractivity contribution in [3.63, 3.8) is 0 Å². The highest BCUT2D eigenvalue weighted by atomic mass is 79.9. The summed E-state index contributed by atoms with van der Waals surface area (Å²) in [5.74, 6) is 0.670. The van der Waals surface area contributed by atoms with Gasteiger partial charge in [0.15, 0.2) is 0 Å². The minimum absolute atomic E-state index is 0.556. The molecule has 0 saturated carbocycles. The highest BCUT2D eigenvalue weighted by Crippen LogP contribution is 2.24. The van der Waals surface area contributed by atoms with Crippen molar-refractivity contribution in [1.29, 1.82) is 0 Å². The Balaban J connectivity index is 2.72. The third-order valence-corrected chi connectivity index (χ3v) is 4.29. The van der Waals surface area contributed by atoms with Crippen LogP contribution >= 0.6 is 15.9 Å². The Kier molecular flexibility index (Phi) is 6.36. The van der Waals surface area contributed by atoms with Crippen molar-refractivity contribution < 1.29 is 0 Å². The van der Waals surface area contributed by atoms with Gasteiger partial charge in [-0.3, -0.25) is 4.68 Å². The predicted molar refractivity (Wildman–Crippen MR) is 80.9 cm³/mol. The number of nitrogens with zero attached hydrogens (tertiary/aromatic N) is 2. The van der Waals surface area contributed by atoms with Crippen LogP contribution in [0.4, 0.5) is 0 Å². The zero-order valence-electron chi connectivity index (χ0n) is 12.3. The van der Waals surface area contributed by atoms with Crippen molar-refractivity contribution >= 4 is 15.9 Å². The first kappa shape index (κ1) is 15.7. The zero-order chi connectivity index (χ0) is 13.7. The lowest BCUT2D eigenvalue weighted by atomic mass is 9.99. The molecule has 104 valence electrons. The van der Waals surface area contributed by atoms with E-state index in [4.69, 9.17) is 0 Å². The predicted octanol–water partition coefficient (Wildman–Crippen LogP) is 3.31. The van der Waals surface area contributed by atoms with Crippen LogP contribution in [-0.4, -0.2) is 22.4 Å². The van der Waals surface area contributed by atoms with Gasteiger partial charge in [0, 0.05) is 13.1 Å². The van der Waals surface area contributed by atoms with Gasteiger partial charge in [-0.15, -0.1) is 0 Å². The normalized spacial score (nSPS) is 13.3. The van der Waals surface area contributed by atoms with Crippen LogP contribution in [0.5, 0.6) is 0 Å². The Bertz CT molecular complexity index is 371. The Morgan fingerprint density at radius 1 is 1.33 bits per heavy atom. The Hall–Kier alpha value is -0.350. The first-order valence-corrected chi connectivity index (χ1v) is 7.72. The summed E-state index contributed by atoms with van der Waals surface area (Å²) < 4.78 is 3.23. The van der Waals surface area contributed by atoms with Crippen molar-refractivity contribution in [3.8, 4) is 0 Å². The third kappa shape index (κ3) is 4.09. The van der Waals surface area contributed by atoms with E-state index < -0.39 is 0 Å². The van der Waals surface area contributed by atoms with Gasteiger partial charge in [0.05, 0.1) is 15.9 Å². The first-order valence-electron chi connectivity index (χ1n) is 6.93. The lowest BCUT2D eigenvalue weighted by molar-refractivity contribution is 0.426. The molecular formula is C14H26BrN3. The van der Waals surface area contributed by atoms with Crippen LogP contribution in [0.25, 0.3) is 0 Å². The van der Waals surface area contributed by atoms with Gasteiger partial charge in [-0.2, -0.15) is 5.10 Å². The van der Waals surface area contributed by atoms with Gasteiger partial charge >= 0.3 is 0 Å². The summed E-state index contributed by atoms with van der Waals surface area (Å²) in [4.78, 5) is 0. The molecule has 0 saturated heterocycles. The molecule has 1 aromatic rings. The fourth-order valence-electron chi connectivity index (χ4n) is 2.08. The standard InChI is InChI=1S/C14H26BrN3/c1-6-11(9-16-10(3)4)8-13-14(15)12(7-2)17-18(13)5/h10-11,16H,6-9H2,1-5H3. The molecule has 1 atom stereocenters. The van der Waals surface area contributed by atoms with Crippen LogP contribution in [0.1, 0.15) is 45.5 Å². The summed E-state index contributed by atoms with van der Waals surface area (Å²) in [5.41, 5.74) is 2.49. The molecule has 0 aliphatic carbocycles. The molecule has 0 radical (unpaired) electrons. The van der Waals surface area contributed by atoms with Crippen LogP contribution in [0, 0.1) is 5.92 Å². The average molecular weight is 316 g/mol. The Morgan fingerprint density at radius 2 is 2.00 bits per heavy atom. The maximum atomic E-state index is 4.56. The first-order chi connectivity index (χ1) is 8.49. The van der Waals surface area contributed by atoms with E-state index in [0.29, 0.717) is 12.0 Å². The molecule has 1 N–H and O–H groups in total. The van der Waals surface area contributed by atoms with Crippen LogP contribution in [-0.2, 0) is 19.9 Å². The molecule has 0 aliphatic rings. The molecule has 0 fully saturated rings. The molecule has 0 amide bonds. The summed E-state index contributed by atoms with van der Waals surface area (Å²) >= 11 is 3.70. The second-order valence-electron chi connectivity index (χ2n) is 5.23. The van der Waals surface area contributed by atoms with Crippen molar-refractivity contribution in [2.75, 3.05) is 6.54 Å². The van der Waals surface area contributed by atoms with Crippen molar-refractivity contribution in [1.82, 2.24) is 15.1 Å². The second-order valence-corrected chi connectivity index (χ2v) is 6.02. The number of nitrogens with one attached hydrogen (secondary N) is 1. The minimum Gasteiger partial charge on any atom is -0.314 e. The monoisotopic (exact) mass is 315 g/mol. The van der Waals surface area contributed by atoms with Crippen molar-refractivity contribution in [3.05, 3.63) is 15.9 Å². The van der Waals surface area contributed by atoms with E-state index in [0.717, 1.165) is 19.4 Å². The van der Waals surface area contributed by atoms with E-state index >= 15 is 0 Å². The maximum absolute atomic E-state index is 4.56. The largest absolute Gasteiger partial charge is 0.314 e. The molecule has 1 heterocycles. The molecule has 3 nitrogen and oxygen atoms in total. The van der Waals surface area contributed by atoms with Gasteiger partial charge in [-0.05, 0) is 41.2 Å². The van der Waals surface area contributed by atoms with E-state index in [1.165, 1.54) is 22.3 Å². The highest BCUT2D eigenvalue weighted by Gasteiger charge is 2.16. The van der Waals surface area contributed by atoms with Gasteiger partial charge in [0.1, 0.15) is 0 Å². The van der Waals surface area contributed by atoms with Crippen LogP contribution in [0.3, 0.4) is 0 Å². The lowest BCUT2D eigenvalue weighted by Crippen LogP contribution is -2.30. The number of halogens is 1. The molecule has 1 rings (SSSR count). The van der Waals surface area contributed by atoms with Gasteiger partial charge in [-0.25, -0.2) is 0 Å². The molecule has 0 bridgehead atoms. The van der Waals surface area contributed by atoms with E-state index in [1.807, 2.05) is 11.7 Å². The second kappa shape index (κ2) is 7.29. The quantitative estimate of drug-likeness (QED) is 0.836. The van der Waals surface area contributed by atoms with E-state index in [2.05, 4.69) is 54.0 Å². The fourth-order valence-corrected chi connectivity index (χ4v) is 2.86. The molecular weight excluding hydrogens is 290 g/mol. The average Bonchev–Trinajstić information content (AvgIpc) is 2.60. The minimum atomic E-state index is 0.556. The summed E-state index contributed by atoms with van der Waals surface area (Å²) in [7, 11) is 2.04. The zero-order valence-corrected chi connectivity index (χ0v) is 13.8. The number of aromatic nitrogens is 2. The molecule has 0 aromatic carbocycles. The van der Waals surface area contributed by atoms with Gasteiger partial charge < -0.3 is 5.32 Å². The summed E-state index contributed by atoms with van der Waals surface area (Å²) in [5, 5.41) is 8.09. The van der Waals surface area contributed by atoms with Crippen LogP contribution in [0.15, 0.2) is 4.47 Å². The van der Waals surface area contributed by atoms with Gasteiger partial charge in [0.2, 0.25) is 0 Å². The van der Waals surface area contributed by atoms with E-state index in [9.17, 15) is 0 Å². The van der Waals surface area contributed by atoms with Crippen LogP contribution < -0.4 is 5.32 Å². The van der Waals surface area contributed by atoms with E-state index in [-0.39, 0.29) is 0 Å². The smallest absolute Gasteiger partial charge is 0.0766 e. The van der Waals surface area contributed by atoms with Crippen LogP contribution in [0.2, 0.25) is 0 Å². The Morgan fingerprint density at radius 3 is 2.44 bits per heavy atom. The van der Waals surface area contributed by atoms with Crippen molar-refractivity contribution in [2.45, 2.75) is 53.0 Å². The SMILES string of the molecule is CCc1nn(C)c(CC(CC)CNC(C)C)c1Br. The highest BCUT2D eigenvalue weighted by molar-refractivity contribution is 9.10. The number of hydrogen-bond donors (Lipinski definition) is 1. The molecule has 18 heavy (non-hydrogen) atoms. The van der Waals surface area contributed by atoms with E-state index in [1.54, 1.807) is 0 Å². The molecule has 1 unspecified atom stereocenters. The third-order valence-electron chi connectivity index (χ3n) is 3.38. The van der Waals surface area contributed by atoms with Gasteiger partial charge in [0.25, 0.3) is 0 Å². The Labute approximate surface area is 119 Å². The van der Waals surface area contributed by atoms with Gasteiger partial charge in [-0.1, -0.05) is 34.1 Å². The summed E-state index contributed by atoms with van der Waals surface area (Å²) in [6, 6.07) is 0.556. The maximum Gasteiger partial charge on any atom is 0.0766 e. The number of aryl methyl sites for hydroxylation is 2. The molecule has 4 heteroatoms. The van der Waals surface area contributed by atoms with Crippen molar-refractivity contribution in [2.24, 2.45) is 13.0 Å².